The molecule has 7 nitrogen and oxygen atoms in total. The molecule has 0 saturated heterocycles. The molecule has 1 unspecified atom stereocenters. The zero-order chi connectivity index (χ0) is 14.4. The van der Waals surface area contributed by atoms with E-state index in [9.17, 15) is 9.59 Å². The van der Waals surface area contributed by atoms with Crippen molar-refractivity contribution in [3.63, 3.8) is 0 Å². The molecule has 0 saturated carbocycles. The van der Waals surface area contributed by atoms with E-state index in [1.807, 2.05) is 0 Å². The second-order valence-electron chi connectivity index (χ2n) is 3.98. The molecule has 0 aromatic heterocycles. The molecule has 0 aliphatic rings. The van der Waals surface area contributed by atoms with Crippen molar-refractivity contribution in [2.75, 3.05) is 6.54 Å². The maximum Gasteiger partial charge on any atom is 0.488 e. The SMILES string of the molecule is NCC(=O)NC(Cc1ccc(B(O)O)cc1)C(=O)O. The lowest BCUT2D eigenvalue weighted by Crippen LogP contribution is -2.44. The summed E-state index contributed by atoms with van der Waals surface area (Å²) in [6.45, 7) is -0.278. The Morgan fingerprint density at radius 1 is 1.26 bits per heavy atom. The van der Waals surface area contributed by atoms with Gasteiger partial charge in [0.05, 0.1) is 6.54 Å². The molecule has 6 N–H and O–H groups in total. The van der Waals surface area contributed by atoms with E-state index in [0.29, 0.717) is 11.0 Å². The Bertz CT molecular complexity index is 449. The lowest BCUT2D eigenvalue weighted by atomic mass is 9.80. The number of carboxylic acids is 1. The molecule has 1 atom stereocenters. The van der Waals surface area contributed by atoms with Gasteiger partial charge in [-0.25, -0.2) is 4.79 Å². The number of benzene rings is 1. The van der Waals surface area contributed by atoms with E-state index in [2.05, 4.69) is 5.32 Å². The normalized spacial score (nSPS) is 11.7. The minimum Gasteiger partial charge on any atom is -0.480 e. The molecule has 0 spiro atoms. The lowest BCUT2D eigenvalue weighted by Gasteiger charge is -2.14. The Morgan fingerprint density at radius 3 is 2.26 bits per heavy atom. The van der Waals surface area contributed by atoms with Gasteiger partial charge in [-0.1, -0.05) is 24.3 Å². The smallest absolute Gasteiger partial charge is 0.480 e. The number of aliphatic carboxylic acids is 1. The number of nitrogens with one attached hydrogen (secondary N) is 1. The third-order valence-corrected chi connectivity index (χ3v) is 2.54. The van der Waals surface area contributed by atoms with Crippen molar-refractivity contribution in [1.82, 2.24) is 5.32 Å². The number of amides is 1. The van der Waals surface area contributed by atoms with E-state index in [4.69, 9.17) is 20.9 Å². The van der Waals surface area contributed by atoms with E-state index in [1.54, 1.807) is 12.1 Å². The first-order chi connectivity index (χ1) is 8.93. The zero-order valence-electron chi connectivity index (χ0n) is 10.1. The molecule has 19 heavy (non-hydrogen) atoms. The van der Waals surface area contributed by atoms with Gasteiger partial charge < -0.3 is 26.2 Å². The van der Waals surface area contributed by atoms with Crippen LogP contribution in [0.25, 0.3) is 0 Å². The predicted octanol–water partition coefficient (Wildman–Crippen LogP) is -2.56. The van der Waals surface area contributed by atoms with E-state index in [-0.39, 0.29) is 13.0 Å². The first-order valence-electron chi connectivity index (χ1n) is 5.61. The topological polar surface area (TPSA) is 133 Å². The molecule has 1 aromatic rings. The number of carbonyl (C=O) groups is 2. The summed E-state index contributed by atoms with van der Waals surface area (Å²) in [6, 6.07) is 5.02. The van der Waals surface area contributed by atoms with Crippen LogP contribution in [0.5, 0.6) is 0 Å². The minimum atomic E-state index is -1.57. The van der Waals surface area contributed by atoms with Gasteiger partial charge in [-0.3, -0.25) is 4.79 Å². The highest BCUT2D eigenvalue weighted by molar-refractivity contribution is 6.58. The molecular weight excluding hydrogens is 251 g/mol. The lowest BCUT2D eigenvalue weighted by molar-refractivity contribution is -0.141. The second-order valence-corrected chi connectivity index (χ2v) is 3.98. The molecule has 1 aromatic carbocycles. The first kappa shape index (κ1) is 15.2. The van der Waals surface area contributed by atoms with Crippen LogP contribution >= 0.6 is 0 Å². The molecule has 0 heterocycles. The van der Waals surface area contributed by atoms with Crippen molar-refractivity contribution < 1.29 is 24.7 Å². The average molecular weight is 266 g/mol. The maximum atomic E-state index is 11.1. The van der Waals surface area contributed by atoms with Gasteiger partial charge in [-0.15, -0.1) is 0 Å². The number of nitrogens with two attached hydrogens (primary N) is 1. The fourth-order valence-corrected chi connectivity index (χ4v) is 1.51. The van der Waals surface area contributed by atoms with E-state index >= 15 is 0 Å². The van der Waals surface area contributed by atoms with Gasteiger partial charge in [0.25, 0.3) is 0 Å². The van der Waals surface area contributed by atoms with Crippen LogP contribution < -0.4 is 16.5 Å². The van der Waals surface area contributed by atoms with Crippen molar-refractivity contribution >= 4 is 24.5 Å². The monoisotopic (exact) mass is 266 g/mol. The first-order valence-corrected chi connectivity index (χ1v) is 5.61. The van der Waals surface area contributed by atoms with Gasteiger partial charge in [0.15, 0.2) is 0 Å². The fraction of sp³-hybridized carbons (Fsp3) is 0.273. The summed E-state index contributed by atoms with van der Waals surface area (Å²) in [5, 5.41) is 29.1. The zero-order valence-corrected chi connectivity index (χ0v) is 10.1. The van der Waals surface area contributed by atoms with Gasteiger partial charge in [-0.2, -0.15) is 0 Å². The molecule has 102 valence electrons. The number of carboxylic acid groups (broad SMARTS) is 1. The highest BCUT2D eigenvalue weighted by atomic mass is 16.4. The van der Waals surface area contributed by atoms with Crippen LogP contribution in [0, 0.1) is 0 Å². The Hall–Kier alpha value is -1.90. The van der Waals surface area contributed by atoms with Gasteiger partial charge in [0.1, 0.15) is 6.04 Å². The summed E-state index contributed by atoms with van der Waals surface area (Å²) in [5.41, 5.74) is 6.06. The third kappa shape index (κ3) is 4.70. The molecule has 0 fully saturated rings. The van der Waals surface area contributed by atoms with Crippen molar-refractivity contribution in [2.45, 2.75) is 12.5 Å². The predicted molar refractivity (Wildman–Crippen MR) is 68.6 cm³/mol. The summed E-state index contributed by atoms with van der Waals surface area (Å²) < 4.78 is 0. The Morgan fingerprint density at radius 2 is 1.84 bits per heavy atom. The Balaban J connectivity index is 2.73. The molecule has 8 heteroatoms. The second kappa shape index (κ2) is 6.88. The minimum absolute atomic E-state index is 0.0862. The largest absolute Gasteiger partial charge is 0.488 e. The standard InChI is InChI=1S/C11H15BN2O5/c13-6-10(15)14-9(11(16)17)5-7-1-3-8(4-2-7)12(18)19/h1-4,9,18-19H,5-6,13H2,(H,14,15)(H,16,17). The van der Waals surface area contributed by atoms with Crippen LogP contribution in [0.4, 0.5) is 0 Å². The molecule has 0 aliphatic heterocycles. The van der Waals surface area contributed by atoms with E-state index in [1.165, 1.54) is 12.1 Å². The van der Waals surface area contributed by atoms with E-state index in [0.717, 1.165) is 0 Å². The Kier molecular flexibility index (Phi) is 5.49. The molecular formula is C11H15BN2O5. The molecule has 1 rings (SSSR count). The summed E-state index contributed by atoms with van der Waals surface area (Å²) in [4.78, 5) is 22.1. The van der Waals surface area contributed by atoms with E-state index < -0.39 is 25.0 Å². The quantitative estimate of drug-likeness (QED) is 0.360. The summed E-state index contributed by atoms with van der Waals surface area (Å²) >= 11 is 0. The highest BCUT2D eigenvalue weighted by Gasteiger charge is 2.20. The van der Waals surface area contributed by atoms with Crippen molar-refractivity contribution in [2.24, 2.45) is 5.73 Å². The molecule has 0 bridgehead atoms. The van der Waals surface area contributed by atoms with Crippen LogP contribution in [0.1, 0.15) is 5.56 Å². The maximum absolute atomic E-state index is 11.1. The summed E-state index contributed by atoms with van der Waals surface area (Å²) in [5.74, 6) is -1.71. The average Bonchev–Trinajstić information content (AvgIpc) is 2.38. The summed E-state index contributed by atoms with van der Waals surface area (Å²) in [7, 11) is -1.57. The van der Waals surface area contributed by atoms with Crippen molar-refractivity contribution in [1.29, 1.82) is 0 Å². The number of hydrogen-bond acceptors (Lipinski definition) is 5. The summed E-state index contributed by atoms with van der Waals surface area (Å²) in [6.07, 6.45) is 0.0862. The van der Waals surface area contributed by atoms with Gasteiger partial charge in [0.2, 0.25) is 5.91 Å². The van der Waals surface area contributed by atoms with Crippen molar-refractivity contribution in [3.05, 3.63) is 29.8 Å². The number of rotatable bonds is 6. The van der Waals surface area contributed by atoms with Crippen molar-refractivity contribution in [3.8, 4) is 0 Å². The highest BCUT2D eigenvalue weighted by Crippen LogP contribution is 2.03. The van der Waals surface area contributed by atoms with Crippen LogP contribution in [-0.2, 0) is 16.0 Å². The van der Waals surface area contributed by atoms with Gasteiger partial charge >= 0.3 is 13.1 Å². The number of hydrogen-bond donors (Lipinski definition) is 5. The van der Waals surface area contributed by atoms with Gasteiger partial charge in [0, 0.05) is 6.42 Å². The Labute approximate surface area is 110 Å². The van der Waals surface area contributed by atoms with Gasteiger partial charge in [-0.05, 0) is 11.0 Å². The molecule has 0 radical (unpaired) electrons. The molecule has 0 aliphatic carbocycles. The third-order valence-electron chi connectivity index (χ3n) is 2.54. The van der Waals surface area contributed by atoms with Crippen LogP contribution in [0.15, 0.2) is 24.3 Å². The molecule has 1 amide bonds. The van der Waals surface area contributed by atoms with Crippen LogP contribution in [0.2, 0.25) is 0 Å². The fourth-order valence-electron chi connectivity index (χ4n) is 1.51. The van der Waals surface area contributed by atoms with Crippen LogP contribution in [-0.4, -0.2) is 46.7 Å². The number of carbonyl (C=O) groups excluding carboxylic acids is 1. The van der Waals surface area contributed by atoms with Crippen LogP contribution in [0.3, 0.4) is 0 Å².